The number of hydrogen-bond acceptors (Lipinski definition) is 3. The van der Waals surface area contributed by atoms with Crippen LogP contribution in [0.4, 0.5) is 16.2 Å². The maximum absolute atomic E-state index is 11.9. The van der Waals surface area contributed by atoms with Gasteiger partial charge in [0.05, 0.1) is 12.7 Å². The van der Waals surface area contributed by atoms with E-state index in [4.69, 9.17) is 0 Å². The van der Waals surface area contributed by atoms with Crippen molar-refractivity contribution in [2.45, 2.75) is 6.92 Å². The van der Waals surface area contributed by atoms with Crippen LogP contribution in [0.15, 0.2) is 46.9 Å². The Kier molecular flexibility index (Phi) is 5.16. The zero-order chi connectivity index (χ0) is 16.1. The lowest BCUT2D eigenvalue weighted by Crippen LogP contribution is -2.19. The number of nitrogens with one attached hydrogen (secondary N) is 2. The SMILES string of the molecule is COC(=O)c1ccc(NC(=O)Nc2ccc(Br)c(C)c2)cc1. The van der Waals surface area contributed by atoms with E-state index in [0.717, 1.165) is 10.0 Å². The van der Waals surface area contributed by atoms with Crippen LogP contribution >= 0.6 is 15.9 Å². The Morgan fingerprint density at radius 2 is 1.59 bits per heavy atom. The standard InChI is InChI=1S/C16H15BrN2O3/c1-10-9-13(7-8-14(10)17)19-16(21)18-12-5-3-11(4-6-12)15(20)22-2/h3-9H,1-2H3,(H2,18,19,21). The minimum Gasteiger partial charge on any atom is -0.465 e. The number of urea groups is 1. The fourth-order valence-electron chi connectivity index (χ4n) is 1.82. The molecule has 0 bridgehead atoms. The average Bonchev–Trinajstić information content (AvgIpc) is 2.51. The summed E-state index contributed by atoms with van der Waals surface area (Å²) in [6.07, 6.45) is 0. The van der Waals surface area contributed by atoms with E-state index in [0.29, 0.717) is 16.9 Å². The van der Waals surface area contributed by atoms with E-state index in [2.05, 4.69) is 31.3 Å². The van der Waals surface area contributed by atoms with Crippen LogP contribution in [0.2, 0.25) is 0 Å². The van der Waals surface area contributed by atoms with Crippen LogP contribution in [-0.4, -0.2) is 19.1 Å². The second-order valence-electron chi connectivity index (χ2n) is 4.61. The molecule has 0 saturated heterocycles. The van der Waals surface area contributed by atoms with Gasteiger partial charge in [0.2, 0.25) is 0 Å². The highest BCUT2D eigenvalue weighted by Gasteiger charge is 2.07. The van der Waals surface area contributed by atoms with Gasteiger partial charge in [0.25, 0.3) is 0 Å². The highest BCUT2D eigenvalue weighted by atomic mass is 79.9. The van der Waals surface area contributed by atoms with E-state index in [9.17, 15) is 9.59 Å². The van der Waals surface area contributed by atoms with Crippen molar-refractivity contribution in [2.75, 3.05) is 17.7 Å². The van der Waals surface area contributed by atoms with Crippen molar-refractivity contribution < 1.29 is 14.3 Å². The van der Waals surface area contributed by atoms with Crippen molar-refractivity contribution >= 4 is 39.3 Å². The third-order valence-corrected chi connectivity index (χ3v) is 3.87. The van der Waals surface area contributed by atoms with Gasteiger partial charge in [-0.3, -0.25) is 0 Å². The minimum absolute atomic E-state index is 0.354. The smallest absolute Gasteiger partial charge is 0.337 e. The molecule has 0 heterocycles. The molecule has 0 unspecified atom stereocenters. The van der Waals surface area contributed by atoms with Crippen LogP contribution in [-0.2, 0) is 4.74 Å². The van der Waals surface area contributed by atoms with Crippen LogP contribution in [0.1, 0.15) is 15.9 Å². The summed E-state index contributed by atoms with van der Waals surface area (Å²) in [6.45, 7) is 1.94. The molecule has 0 aliphatic heterocycles. The van der Waals surface area contributed by atoms with Crippen LogP contribution in [0, 0.1) is 6.92 Å². The topological polar surface area (TPSA) is 67.4 Å². The molecule has 5 nitrogen and oxygen atoms in total. The quantitative estimate of drug-likeness (QED) is 0.804. The molecule has 0 spiro atoms. The summed E-state index contributed by atoms with van der Waals surface area (Å²) >= 11 is 3.41. The number of hydrogen-bond donors (Lipinski definition) is 2. The van der Waals surface area contributed by atoms with E-state index in [1.807, 2.05) is 19.1 Å². The van der Waals surface area contributed by atoms with Crippen LogP contribution in [0.3, 0.4) is 0 Å². The fraction of sp³-hybridized carbons (Fsp3) is 0.125. The number of esters is 1. The number of rotatable bonds is 3. The van der Waals surface area contributed by atoms with Crippen molar-refractivity contribution in [3.8, 4) is 0 Å². The molecule has 2 aromatic carbocycles. The number of anilines is 2. The largest absolute Gasteiger partial charge is 0.465 e. The van der Waals surface area contributed by atoms with Crippen LogP contribution < -0.4 is 10.6 Å². The molecule has 0 atom stereocenters. The third-order valence-electron chi connectivity index (χ3n) is 2.98. The Hall–Kier alpha value is -2.34. The first-order chi connectivity index (χ1) is 10.5. The molecule has 114 valence electrons. The summed E-state index contributed by atoms with van der Waals surface area (Å²) in [6, 6.07) is 11.6. The Morgan fingerprint density at radius 3 is 2.18 bits per heavy atom. The maximum Gasteiger partial charge on any atom is 0.337 e. The van der Waals surface area contributed by atoms with Crippen molar-refractivity contribution in [3.05, 3.63) is 58.1 Å². The number of benzene rings is 2. The van der Waals surface area contributed by atoms with Gasteiger partial charge >= 0.3 is 12.0 Å². The molecular formula is C16H15BrN2O3. The van der Waals surface area contributed by atoms with E-state index in [1.54, 1.807) is 30.3 Å². The monoisotopic (exact) mass is 362 g/mol. The molecule has 0 saturated carbocycles. The predicted molar refractivity (Wildman–Crippen MR) is 89.3 cm³/mol. The molecule has 2 N–H and O–H groups in total. The molecule has 0 aliphatic carbocycles. The van der Waals surface area contributed by atoms with Crippen molar-refractivity contribution in [3.63, 3.8) is 0 Å². The number of methoxy groups -OCH3 is 1. The minimum atomic E-state index is -0.415. The van der Waals surface area contributed by atoms with Gasteiger partial charge in [-0.1, -0.05) is 15.9 Å². The van der Waals surface area contributed by atoms with E-state index < -0.39 is 5.97 Å². The second-order valence-corrected chi connectivity index (χ2v) is 5.47. The van der Waals surface area contributed by atoms with Crippen molar-refractivity contribution in [1.29, 1.82) is 0 Å². The molecule has 22 heavy (non-hydrogen) atoms. The Balaban J connectivity index is 1.99. The predicted octanol–water partition coefficient (Wildman–Crippen LogP) is 4.19. The summed E-state index contributed by atoms with van der Waals surface area (Å²) in [5.74, 6) is -0.415. The molecule has 0 radical (unpaired) electrons. The maximum atomic E-state index is 11.9. The number of ether oxygens (including phenoxy) is 1. The average molecular weight is 363 g/mol. The normalized spacial score (nSPS) is 9.95. The van der Waals surface area contributed by atoms with Gasteiger partial charge in [-0.2, -0.15) is 0 Å². The zero-order valence-corrected chi connectivity index (χ0v) is 13.7. The van der Waals surface area contributed by atoms with Gasteiger partial charge in [-0.25, -0.2) is 9.59 Å². The van der Waals surface area contributed by atoms with Crippen LogP contribution in [0.5, 0.6) is 0 Å². The van der Waals surface area contributed by atoms with Crippen molar-refractivity contribution in [2.24, 2.45) is 0 Å². The number of amides is 2. The second kappa shape index (κ2) is 7.09. The van der Waals surface area contributed by atoms with E-state index >= 15 is 0 Å². The Bertz CT molecular complexity index is 699. The first-order valence-electron chi connectivity index (χ1n) is 6.52. The highest BCUT2D eigenvalue weighted by molar-refractivity contribution is 9.10. The molecule has 2 aromatic rings. The number of aryl methyl sites for hydroxylation is 1. The summed E-state index contributed by atoms with van der Waals surface area (Å²) in [7, 11) is 1.32. The van der Waals surface area contributed by atoms with Crippen LogP contribution in [0.25, 0.3) is 0 Å². The van der Waals surface area contributed by atoms with E-state index in [1.165, 1.54) is 7.11 Å². The van der Waals surface area contributed by atoms with Gasteiger partial charge in [-0.05, 0) is 55.0 Å². The van der Waals surface area contributed by atoms with Gasteiger partial charge in [0.1, 0.15) is 0 Å². The summed E-state index contributed by atoms with van der Waals surface area (Å²) in [5, 5.41) is 5.44. The zero-order valence-electron chi connectivity index (χ0n) is 12.1. The fourth-order valence-corrected chi connectivity index (χ4v) is 2.07. The lowest BCUT2D eigenvalue weighted by molar-refractivity contribution is 0.0601. The van der Waals surface area contributed by atoms with Crippen molar-refractivity contribution in [1.82, 2.24) is 0 Å². The highest BCUT2D eigenvalue weighted by Crippen LogP contribution is 2.20. The van der Waals surface area contributed by atoms with Gasteiger partial charge in [0.15, 0.2) is 0 Å². The van der Waals surface area contributed by atoms with Gasteiger partial charge in [0, 0.05) is 15.8 Å². The number of halogens is 1. The molecular weight excluding hydrogens is 348 g/mol. The summed E-state index contributed by atoms with van der Waals surface area (Å²) in [5.41, 5.74) is 2.74. The van der Waals surface area contributed by atoms with Gasteiger partial charge < -0.3 is 15.4 Å². The summed E-state index contributed by atoms with van der Waals surface area (Å²) < 4.78 is 5.60. The third kappa shape index (κ3) is 4.08. The Morgan fingerprint density at radius 1 is 1.00 bits per heavy atom. The first kappa shape index (κ1) is 16.0. The summed E-state index contributed by atoms with van der Waals surface area (Å²) in [4.78, 5) is 23.2. The molecule has 2 rings (SSSR count). The molecule has 6 heteroatoms. The first-order valence-corrected chi connectivity index (χ1v) is 7.31. The van der Waals surface area contributed by atoms with Gasteiger partial charge in [-0.15, -0.1) is 0 Å². The Labute approximate surface area is 136 Å². The van der Waals surface area contributed by atoms with E-state index in [-0.39, 0.29) is 6.03 Å². The molecule has 0 fully saturated rings. The lowest BCUT2D eigenvalue weighted by Gasteiger charge is -2.09. The molecule has 0 aliphatic rings. The molecule has 0 aromatic heterocycles. The molecule has 2 amide bonds. The number of carbonyl (C=O) groups is 2. The lowest BCUT2D eigenvalue weighted by atomic mass is 10.2. The number of carbonyl (C=O) groups excluding carboxylic acids is 2.